The van der Waals surface area contributed by atoms with Crippen LogP contribution in [0.5, 0.6) is 0 Å². The fourth-order valence-electron chi connectivity index (χ4n) is 6.41. The van der Waals surface area contributed by atoms with Crippen LogP contribution >= 0.6 is 0 Å². The van der Waals surface area contributed by atoms with Crippen molar-refractivity contribution in [2.24, 2.45) is 34.5 Å². The average Bonchev–Trinajstić information content (AvgIpc) is 2.70. The summed E-state index contributed by atoms with van der Waals surface area (Å²) >= 11 is 0. The number of allylic oxidation sites excluding steroid dienone is 3. The third kappa shape index (κ3) is 1.67. The lowest BCUT2D eigenvalue weighted by Gasteiger charge is -2.57. The van der Waals surface area contributed by atoms with Gasteiger partial charge in [0.2, 0.25) is 0 Å². The van der Waals surface area contributed by atoms with Crippen molar-refractivity contribution in [1.82, 2.24) is 0 Å². The summed E-state index contributed by atoms with van der Waals surface area (Å²) < 4.78 is 0. The van der Waals surface area contributed by atoms with E-state index in [1.54, 1.807) is 0 Å². The Kier molecular flexibility index (Phi) is 2.85. The van der Waals surface area contributed by atoms with Crippen molar-refractivity contribution in [1.29, 1.82) is 0 Å². The number of carbonyl (C=O) groups is 1. The Hall–Kier alpha value is -0.850. The minimum atomic E-state index is -0.111. The zero-order valence-electron chi connectivity index (χ0n) is 13.5. The van der Waals surface area contributed by atoms with Crippen molar-refractivity contribution in [3.63, 3.8) is 0 Å². The van der Waals surface area contributed by atoms with Crippen LogP contribution in [0.25, 0.3) is 0 Å². The van der Waals surface area contributed by atoms with Gasteiger partial charge in [-0.1, -0.05) is 45.4 Å². The topological polar surface area (TPSA) is 17.1 Å². The van der Waals surface area contributed by atoms with E-state index in [0.717, 1.165) is 30.3 Å². The molecule has 1 heteroatoms. The van der Waals surface area contributed by atoms with Crippen molar-refractivity contribution in [2.75, 3.05) is 0 Å². The lowest BCUT2D eigenvalue weighted by atomic mass is 9.47. The molecule has 0 N–H and O–H groups in total. The third-order valence-corrected chi connectivity index (χ3v) is 7.77. The molecule has 3 saturated carbocycles. The monoisotopic (exact) mass is 284 g/mol. The normalized spacial score (nSPS) is 52.3. The predicted molar refractivity (Wildman–Crippen MR) is 85.8 cm³/mol. The first-order valence-corrected chi connectivity index (χ1v) is 8.88. The Morgan fingerprint density at radius 1 is 1.10 bits per heavy atom. The van der Waals surface area contributed by atoms with E-state index in [1.807, 2.05) is 0 Å². The molecule has 1 unspecified atom stereocenters. The van der Waals surface area contributed by atoms with Gasteiger partial charge in [0.15, 0.2) is 5.78 Å². The Morgan fingerprint density at radius 2 is 1.90 bits per heavy atom. The number of hydrogen-bond acceptors (Lipinski definition) is 1. The SMILES string of the molecule is C=C1C[C@H]2[C@@H]3C=CC4CCCC[C@]4(C)[C@@H]3CC[C@]2(C)C1=O. The highest BCUT2D eigenvalue weighted by atomic mass is 16.1. The minimum Gasteiger partial charge on any atom is -0.294 e. The molecule has 4 aliphatic rings. The van der Waals surface area contributed by atoms with E-state index in [1.165, 1.54) is 32.1 Å². The Bertz CT molecular complexity index is 530. The summed E-state index contributed by atoms with van der Waals surface area (Å²) in [6.45, 7) is 8.83. The van der Waals surface area contributed by atoms with E-state index in [9.17, 15) is 4.79 Å². The molecule has 0 radical (unpaired) electrons. The summed E-state index contributed by atoms with van der Waals surface area (Å²) in [5.41, 5.74) is 1.28. The van der Waals surface area contributed by atoms with E-state index in [0.29, 0.717) is 23.0 Å². The Labute approximate surface area is 128 Å². The Morgan fingerprint density at radius 3 is 2.71 bits per heavy atom. The molecule has 0 spiro atoms. The van der Waals surface area contributed by atoms with Crippen molar-refractivity contribution in [3.05, 3.63) is 24.3 Å². The van der Waals surface area contributed by atoms with Crippen LogP contribution in [0.15, 0.2) is 24.3 Å². The molecule has 0 saturated heterocycles. The Balaban J connectivity index is 1.73. The summed E-state index contributed by atoms with van der Waals surface area (Å²) in [6, 6.07) is 0. The number of Topliss-reactive ketones (excluding diaryl/α,β-unsaturated/α-hetero) is 1. The zero-order chi connectivity index (χ0) is 14.8. The number of rotatable bonds is 0. The van der Waals surface area contributed by atoms with Crippen molar-refractivity contribution >= 4 is 5.78 Å². The molecule has 4 aliphatic carbocycles. The van der Waals surface area contributed by atoms with E-state index in [2.05, 4.69) is 32.6 Å². The molecule has 0 aliphatic heterocycles. The molecule has 6 atom stereocenters. The zero-order valence-corrected chi connectivity index (χ0v) is 13.5. The maximum absolute atomic E-state index is 12.6. The van der Waals surface area contributed by atoms with Crippen LogP contribution in [0.3, 0.4) is 0 Å². The van der Waals surface area contributed by atoms with Crippen molar-refractivity contribution < 1.29 is 4.79 Å². The maximum Gasteiger partial charge on any atom is 0.164 e. The summed E-state index contributed by atoms with van der Waals surface area (Å²) in [4.78, 5) is 12.6. The third-order valence-electron chi connectivity index (χ3n) is 7.77. The molecule has 0 aromatic carbocycles. The average molecular weight is 284 g/mol. The first-order valence-electron chi connectivity index (χ1n) is 8.88. The predicted octanol–water partition coefficient (Wildman–Crippen LogP) is 4.93. The summed E-state index contributed by atoms with van der Waals surface area (Å²) in [5, 5.41) is 0. The lowest BCUT2D eigenvalue weighted by molar-refractivity contribution is -0.130. The highest BCUT2D eigenvalue weighted by Crippen LogP contribution is 2.64. The summed E-state index contributed by atoms with van der Waals surface area (Å²) in [7, 11) is 0. The van der Waals surface area contributed by atoms with Gasteiger partial charge in [-0.2, -0.15) is 0 Å². The molecule has 0 aromatic rings. The van der Waals surface area contributed by atoms with Gasteiger partial charge in [-0.25, -0.2) is 0 Å². The number of fused-ring (bicyclic) bond motifs is 5. The standard InChI is InChI=1S/C20H28O/c1-13-12-17-15-8-7-14-6-4-5-10-19(14,2)16(15)9-11-20(17,3)18(13)21/h7-8,14-17H,1,4-6,9-12H2,2-3H3/t14?,15-,16-,17+,19+,20+/m1/s1. The van der Waals surface area contributed by atoms with Gasteiger partial charge in [0, 0.05) is 5.41 Å². The summed E-state index contributed by atoms with van der Waals surface area (Å²) in [5.74, 6) is 3.09. The van der Waals surface area contributed by atoms with Crippen molar-refractivity contribution in [3.8, 4) is 0 Å². The second kappa shape index (κ2) is 4.33. The van der Waals surface area contributed by atoms with E-state index in [4.69, 9.17) is 0 Å². The second-order valence-corrected chi connectivity index (χ2v) is 8.63. The highest BCUT2D eigenvalue weighted by molar-refractivity contribution is 6.02. The van der Waals surface area contributed by atoms with Gasteiger partial charge < -0.3 is 0 Å². The largest absolute Gasteiger partial charge is 0.294 e. The first kappa shape index (κ1) is 13.8. The van der Waals surface area contributed by atoms with Crippen LogP contribution in [0.4, 0.5) is 0 Å². The van der Waals surface area contributed by atoms with Gasteiger partial charge >= 0.3 is 0 Å². The number of hydrogen-bond donors (Lipinski definition) is 0. The smallest absolute Gasteiger partial charge is 0.164 e. The van der Waals surface area contributed by atoms with Crippen LogP contribution in [0.1, 0.15) is 58.8 Å². The molecule has 0 bridgehead atoms. The summed E-state index contributed by atoms with van der Waals surface area (Å²) in [6.07, 6.45) is 13.9. The van der Waals surface area contributed by atoms with Gasteiger partial charge in [0.05, 0.1) is 0 Å². The molecule has 0 aromatic heterocycles. The van der Waals surface area contributed by atoms with Gasteiger partial charge in [0.1, 0.15) is 0 Å². The number of carbonyl (C=O) groups excluding carboxylic acids is 1. The van der Waals surface area contributed by atoms with Gasteiger partial charge in [-0.3, -0.25) is 4.79 Å². The molecule has 4 rings (SSSR count). The van der Waals surface area contributed by atoms with Gasteiger partial charge in [-0.15, -0.1) is 0 Å². The molecular formula is C20H28O. The first-order chi connectivity index (χ1) is 9.97. The van der Waals surface area contributed by atoms with Crippen LogP contribution in [0, 0.1) is 34.5 Å². The molecule has 114 valence electrons. The molecule has 21 heavy (non-hydrogen) atoms. The molecule has 0 amide bonds. The molecule has 1 nitrogen and oxygen atoms in total. The van der Waals surface area contributed by atoms with E-state index < -0.39 is 0 Å². The molecule has 3 fully saturated rings. The lowest BCUT2D eigenvalue weighted by Crippen LogP contribution is -2.50. The van der Waals surface area contributed by atoms with Crippen LogP contribution < -0.4 is 0 Å². The molecular weight excluding hydrogens is 256 g/mol. The fourth-order valence-corrected chi connectivity index (χ4v) is 6.41. The van der Waals surface area contributed by atoms with Gasteiger partial charge in [0.25, 0.3) is 0 Å². The fraction of sp³-hybridized carbons (Fsp3) is 0.750. The second-order valence-electron chi connectivity index (χ2n) is 8.63. The van der Waals surface area contributed by atoms with E-state index in [-0.39, 0.29) is 5.41 Å². The minimum absolute atomic E-state index is 0.111. The number of ketones is 1. The van der Waals surface area contributed by atoms with Gasteiger partial charge in [-0.05, 0) is 66.8 Å². The maximum atomic E-state index is 12.6. The van der Waals surface area contributed by atoms with Crippen LogP contribution in [-0.4, -0.2) is 5.78 Å². The van der Waals surface area contributed by atoms with E-state index >= 15 is 0 Å². The van der Waals surface area contributed by atoms with Crippen molar-refractivity contribution in [2.45, 2.75) is 58.8 Å². The van der Waals surface area contributed by atoms with Crippen LogP contribution in [-0.2, 0) is 4.79 Å². The van der Waals surface area contributed by atoms with Crippen LogP contribution in [0.2, 0.25) is 0 Å². The quantitative estimate of drug-likeness (QED) is 0.455. The molecule has 0 heterocycles. The highest BCUT2D eigenvalue weighted by Gasteiger charge is 2.59.